The molecule has 0 aromatic carbocycles. The molecule has 0 spiro atoms. The normalized spacial score (nSPS) is 13.3. The zero-order valence-electron chi connectivity index (χ0n) is 17.0. The van der Waals surface area contributed by atoms with Gasteiger partial charge in [0.25, 0.3) is 0 Å². The molecule has 6 nitrogen and oxygen atoms in total. The number of nitrogens with two attached hydrogens (primary N) is 1. The Morgan fingerprint density at radius 3 is 1.93 bits per heavy atom. The molecule has 0 aliphatic heterocycles. The number of hydrogen-bond donors (Lipinski definition) is 3. The van der Waals surface area contributed by atoms with E-state index in [-0.39, 0.29) is 5.78 Å². The number of unbranched alkanes of at least 4 members (excludes halogenated alkanes) is 11. The number of allylic oxidation sites excluding steroid dienone is 2. The van der Waals surface area contributed by atoms with Crippen molar-refractivity contribution in [3.8, 4) is 0 Å². The fourth-order valence-corrected chi connectivity index (χ4v) is 3.18. The Hall–Kier alpha value is -0.520. The van der Waals surface area contributed by atoms with Gasteiger partial charge in [-0.25, -0.2) is 4.57 Å². The third-order valence-electron chi connectivity index (χ3n) is 4.52. The Kier molecular flexibility index (Phi) is 17.2. The number of Topliss-reactive ketones (excluding diaryl/α,β-unsaturated/α-hetero) is 1. The van der Waals surface area contributed by atoms with E-state index in [1.54, 1.807) is 0 Å². The van der Waals surface area contributed by atoms with Crippen LogP contribution in [0.4, 0.5) is 0 Å². The van der Waals surface area contributed by atoms with E-state index in [9.17, 15) is 9.36 Å². The van der Waals surface area contributed by atoms with Crippen molar-refractivity contribution in [2.45, 2.75) is 103 Å². The highest BCUT2D eigenvalue weighted by atomic mass is 31.2. The van der Waals surface area contributed by atoms with Crippen LogP contribution in [0, 0.1) is 0 Å². The van der Waals surface area contributed by atoms with Gasteiger partial charge in [-0.3, -0.25) is 9.32 Å². The molecule has 0 aromatic rings. The molecule has 0 rings (SSSR count). The number of ketones is 1. The average molecular weight is 406 g/mol. The molecule has 0 amide bonds. The van der Waals surface area contributed by atoms with Crippen molar-refractivity contribution < 1.29 is 23.7 Å². The van der Waals surface area contributed by atoms with E-state index in [4.69, 9.17) is 15.5 Å². The van der Waals surface area contributed by atoms with Crippen LogP contribution in [-0.4, -0.2) is 28.2 Å². The van der Waals surface area contributed by atoms with Crippen LogP contribution in [0.1, 0.15) is 96.8 Å². The number of phosphoric acid groups is 1. The molecule has 0 heterocycles. The van der Waals surface area contributed by atoms with Crippen molar-refractivity contribution in [1.29, 1.82) is 0 Å². The summed E-state index contributed by atoms with van der Waals surface area (Å²) < 4.78 is 14.8. The van der Waals surface area contributed by atoms with Gasteiger partial charge in [-0.1, -0.05) is 70.4 Å². The van der Waals surface area contributed by atoms with Gasteiger partial charge in [0.1, 0.15) is 0 Å². The highest BCUT2D eigenvalue weighted by Gasteiger charge is 2.20. The molecule has 160 valence electrons. The summed E-state index contributed by atoms with van der Waals surface area (Å²) in [4.78, 5) is 28.9. The first-order valence-corrected chi connectivity index (χ1v) is 12.0. The number of rotatable bonds is 19. The summed E-state index contributed by atoms with van der Waals surface area (Å²) in [7, 11) is -4.56. The first-order valence-electron chi connectivity index (χ1n) is 10.5. The highest BCUT2D eigenvalue weighted by Crippen LogP contribution is 2.35. The van der Waals surface area contributed by atoms with Gasteiger partial charge >= 0.3 is 7.82 Å². The molecule has 0 fully saturated rings. The second-order valence-corrected chi connectivity index (χ2v) is 8.43. The van der Waals surface area contributed by atoms with E-state index in [2.05, 4.69) is 23.6 Å². The van der Waals surface area contributed by atoms with Gasteiger partial charge < -0.3 is 15.5 Å². The van der Waals surface area contributed by atoms with Gasteiger partial charge in [-0.15, -0.1) is 0 Å². The van der Waals surface area contributed by atoms with Crippen LogP contribution in [0.3, 0.4) is 0 Å². The summed E-state index contributed by atoms with van der Waals surface area (Å²) in [6.07, 6.45) is 20.5. The lowest BCUT2D eigenvalue weighted by Gasteiger charge is -2.11. The summed E-state index contributed by atoms with van der Waals surface area (Å²) in [5.41, 5.74) is 5.56. The zero-order chi connectivity index (χ0) is 20.4. The monoisotopic (exact) mass is 405 g/mol. The number of hydrogen-bond acceptors (Lipinski definition) is 4. The van der Waals surface area contributed by atoms with Crippen molar-refractivity contribution >= 4 is 13.6 Å². The Morgan fingerprint density at radius 1 is 0.926 bits per heavy atom. The van der Waals surface area contributed by atoms with Crippen molar-refractivity contribution in [2.24, 2.45) is 5.73 Å². The lowest BCUT2D eigenvalue weighted by Crippen LogP contribution is -2.34. The smallest absolute Gasteiger partial charge is 0.320 e. The van der Waals surface area contributed by atoms with Gasteiger partial charge in [0.15, 0.2) is 5.78 Å². The molecule has 0 bridgehead atoms. The standard InChI is InChI=1S/C20H40NO5P/c1-2-3-4-5-6-7-8-9-10-11-12-13-14-15-16-17-20(22)19(21)18-26-27(23,24)25/h9-10,19H,2-8,11-18,21H2,1H3,(H2,23,24,25). The molecule has 7 heteroatoms. The second kappa shape index (κ2) is 17.6. The average Bonchev–Trinajstić information content (AvgIpc) is 2.62. The quantitative estimate of drug-likeness (QED) is 0.158. The molecule has 1 unspecified atom stereocenters. The Labute approximate surface area is 165 Å². The van der Waals surface area contributed by atoms with Crippen LogP contribution < -0.4 is 5.73 Å². The van der Waals surface area contributed by atoms with Crippen LogP contribution in [0.2, 0.25) is 0 Å². The van der Waals surface area contributed by atoms with E-state index >= 15 is 0 Å². The maximum Gasteiger partial charge on any atom is 0.469 e. The first-order chi connectivity index (χ1) is 12.9. The molecular weight excluding hydrogens is 365 g/mol. The molecule has 0 aromatic heterocycles. The van der Waals surface area contributed by atoms with Gasteiger partial charge in [-0.05, 0) is 32.1 Å². The molecule has 0 radical (unpaired) electrons. The van der Waals surface area contributed by atoms with E-state index in [0.29, 0.717) is 6.42 Å². The summed E-state index contributed by atoms with van der Waals surface area (Å²) in [6.45, 7) is 1.81. The summed E-state index contributed by atoms with van der Waals surface area (Å²) in [5, 5.41) is 0. The minimum Gasteiger partial charge on any atom is -0.320 e. The Balaban J connectivity index is 3.40. The minimum absolute atomic E-state index is 0.207. The molecule has 4 N–H and O–H groups in total. The lowest BCUT2D eigenvalue weighted by atomic mass is 10.0. The molecule has 27 heavy (non-hydrogen) atoms. The Bertz CT molecular complexity index is 436. The first kappa shape index (κ1) is 26.5. The molecule has 0 aliphatic carbocycles. The van der Waals surface area contributed by atoms with Gasteiger partial charge in [0.05, 0.1) is 12.6 Å². The number of carbonyl (C=O) groups excluding carboxylic acids is 1. The fourth-order valence-electron chi connectivity index (χ4n) is 2.83. The molecular formula is C20H40NO5P. The van der Waals surface area contributed by atoms with E-state index in [1.165, 1.54) is 51.4 Å². The second-order valence-electron chi connectivity index (χ2n) is 7.19. The fraction of sp³-hybridized carbons (Fsp3) is 0.850. The maximum atomic E-state index is 11.7. The van der Waals surface area contributed by atoms with E-state index in [1.807, 2.05) is 0 Å². The van der Waals surface area contributed by atoms with Crippen LogP contribution in [-0.2, 0) is 13.9 Å². The molecule has 0 saturated heterocycles. The number of phosphoric ester groups is 1. The van der Waals surface area contributed by atoms with Crippen LogP contribution in [0.15, 0.2) is 12.2 Å². The minimum atomic E-state index is -4.56. The highest BCUT2D eigenvalue weighted by molar-refractivity contribution is 7.46. The number of carbonyl (C=O) groups is 1. The van der Waals surface area contributed by atoms with Gasteiger partial charge in [0, 0.05) is 6.42 Å². The van der Waals surface area contributed by atoms with E-state index < -0.39 is 20.5 Å². The maximum absolute atomic E-state index is 11.7. The Morgan fingerprint density at radius 2 is 1.41 bits per heavy atom. The largest absolute Gasteiger partial charge is 0.469 e. The third-order valence-corrected chi connectivity index (χ3v) is 5.01. The zero-order valence-corrected chi connectivity index (χ0v) is 17.9. The van der Waals surface area contributed by atoms with Crippen molar-refractivity contribution in [2.75, 3.05) is 6.61 Å². The van der Waals surface area contributed by atoms with Crippen LogP contribution in [0.25, 0.3) is 0 Å². The van der Waals surface area contributed by atoms with Crippen LogP contribution >= 0.6 is 7.82 Å². The summed E-state index contributed by atoms with van der Waals surface area (Å²) in [6, 6.07) is -0.964. The summed E-state index contributed by atoms with van der Waals surface area (Å²) >= 11 is 0. The SMILES string of the molecule is CCCCCCCCC=CCCCCCCCC(=O)C(N)COP(=O)(O)O. The van der Waals surface area contributed by atoms with Gasteiger partial charge in [0.2, 0.25) is 0 Å². The van der Waals surface area contributed by atoms with Crippen molar-refractivity contribution in [3.05, 3.63) is 12.2 Å². The third kappa shape index (κ3) is 20.0. The van der Waals surface area contributed by atoms with Crippen LogP contribution in [0.5, 0.6) is 0 Å². The van der Waals surface area contributed by atoms with Crippen molar-refractivity contribution in [1.82, 2.24) is 0 Å². The topological polar surface area (TPSA) is 110 Å². The predicted molar refractivity (Wildman–Crippen MR) is 110 cm³/mol. The van der Waals surface area contributed by atoms with E-state index in [0.717, 1.165) is 32.1 Å². The molecule has 1 atom stereocenters. The van der Waals surface area contributed by atoms with Gasteiger partial charge in [-0.2, -0.15) is 0 Å². The van der Waals surface area contributed by atoms with Crippen molar-refractivity contribution in [3.63, 3.8) is 0 Å². The molecule has 0 aliphatic rings. The predicted octanol–water partition coefficient (Wildman–Crippen LogP) is 5.03. The summed E-state index contributed by atoms with van der Waals surface area (Å²) in [5.74, 6) is -0.207. The molecule has 0 saturated carbocycles. The lowest BCUT2D eigenvalue weighted by molar-refractivity contribution is -0.121.